The maximum Gasteiger partial charge on any atom is 0.272 e. The summed E-state index contributed by atoms with van der Waals surface area (Å²) in [6, 6.07) is 15.5. The van der Waals surface area contributed by atoms with Crippen LogP contribution in [0.25, 0.3) is 10.8 Å². The number of hydrogen-bond acceptors (Lipinski definition) is 3. The molecule has 2 aromatic carbocycles. The van der Waals surface area contributed by atoms with Crippen molar-refractivity contribution in [3.05, 3.63) is 70.1 Å². The van der Waals surface area contributed by atoms with Gasteiger partial charge in [0.25, 0.3) is 5.56 Å². The Morgan fingerprint density at radius 3 is 2.48 bits per heavy atom. The van der Waals surface area contributed by atoms with Crippen LogP contribution in [0.2, 0.25) is 0 Å². The Hall–Kier alpha value is -2.62. The first-order chi connectivity index (χ1) is 10.3. The van der Waals surface area contributed by atoms with Gasteiger partial charge in [-0.15, -0.1) is 0 Å². The predicted molar refractivity (Wildman–Crippen MR) is 82.8 cm³/mol. The van der Waals surface area contributed by atoms with Crippen LogP contribution in [0.3, 0.4) is 0 Å². The molecule has 0 aliphatic carbocycles. The third-order valence-corrected chi connectivity index (χ3v) is 3.38. The number of nitrogens with one attached hydrogen (secondary N) is 1. The van der Waals surface area contributed by atoms with Gasteiger partial charge < -0.3 is 4.74 Å². The largest absolute Gasteiger partial charge is 0.494 e. The molecule has 0 amide bonds. The van der Waals surface area contributed by atoms with Gasteiger partial charge in [-0.05, 0) is 30.7 Å². The van der Waals surface area contributed by atoms with E-state index in [4.69, 9.17) is 4.74 Å². The first-order valence-corrected chi connectivity index (χ1v) is 6.96. The van der Waals surface area contributed by atoms with Crippen LogP contribution in [-0.2, 0) is 6.42 Å². The highest BCUT2D eigenvalue weighted by atomic mass is 16.5. The van der Waals surface area contributed by atoms with Crippen molar-refractivity contribution in [2.45, 2.75) is 13.3 Å². The van der Waals surface area contributed by atoms with Crippen LogP contribution in [0.15, 0.2) is 53.3 Å². The van der Waals surface area contributed by atoms with Gasteiger partial charge in [0.1, 0.15) is 5.75 Å². The second kappa shape index (κ2) is 5.79. The molecule has 0 bridgehead atoms. The van der Waals surface area contributed by atoms with Gasteiger partial charge in [-0.1, -0.05) is 30.3 Å². The smallest absolute Gasteiger partial charge is 0.272 e. The highest BCUT2D eigenvalue weighted by Crippen LogP contribution is 2.18. The Balaban J connectivity index is 1.95. The molecule has 3 aromatic rings. The Morgan fingerprint density at radius 1 is 1.05 bits per heavy atom. The minimum Gasteiger partial charge on any atom is -0.494 e. The highest BCUT2D eigenvalue weighted by Gasteiger charge is 2.06. The topological polar surface area (TPSA) is 55.0 Å². The van der Waals surface area contributed by atoms with E-state index in [1.54, 1.807) is 0 Å². The summed E-state index contributed by atoms with van der Waals surface area (Å²) >= 11 is 0. The van der Waals surface area contributed by atoms with Crippen molar-refractivity contribution in [1.82, 2.24) is 10.2 Å². The minimum atomic E-state index is -0.152. The van der Waals surface area contributed by atoms with Crippen LogP contribution in [0.5, 0.6) is 5.75 Å². The first kappa shape index (κ1) is 13.4. The highest BCUT2D eigenvalue weighted by molar-refractivity contribution is 5.83. The molecule has 3 rings (SSSR count). The van der Waals surface area contributed by atoms with Crippen LogP contribution in [0.1, 0.15) is 18.2 Å². The predicted octanol–water partition coefficient (Wildman–Crippen LogP) is 2.91. The fraction of sp³-hybridized carbons (Fsp3) is 0.176. The molecule has 0 fully saturated rings. The molecule has 0 atom stereocenters. The summed E-state index contributed by atoms with van der Waals surface area (Å²) in [7, 11) is 0. The van der Waals surface area contributed by atoms with Gasteiger partial charge in [-0.3, -0.25) is 4.79 Å². The lowest BCUT2D eigenvalue weighted by atomic mass is 10.0. The van der Waals surface area contributed by atoms with E-state index in [1.165, 1.54) is 0 Å². The van der Waals surface area contributed by atoms with Crippen molar-refractivity contribution in [3.63, 3.8) is 0 Å². The van der Waals surface area contributed by atoms with Crippen LogP contribution >= 0.6 is 0 Å². The van der Waals surface area contributed by atoms with Crippen molar-refractivity contribution >= 4 is 10.8 Å². The summed E-state index contributed by atoms with van der Waals surface area (Å²) in [6.07, 6.45) is 0.670. The fourth-order valence-electron chi connectivity index (χ4n) is 2.37. The molecule has 0 unspecified atom stereocenters. The number of rotatable bonds is 4. The Labute approximate surface area is 122 Å². The summed E-state index contributed by atoms with van der Waals surface area (Å²) in [6.45, 7) is 2.62. The molecule has 4 nitrogen and oxygen atoms in total. The third kappa shape index (κ3) is 2.79. The van der Waals surface area contributed by atoms with Gasteiger partial charge in [0.15, 0.2) is 0 Å². The quantitative estimate of drug-likeness (QED) is 0.799. The molecule has 4 heteroatoms. The average Bonchev–Trinajstić information content (AvgIpc) is 2.52. The maximum absolute atomic E-state index is 11.8. The molecule has 1 aromatic heterocycles. The normalized spacial score (nSPS) is 10.7. The van der Waals surface area contributed by atoms with Crippen molar-refractivity contribution in [3.8, 4) is 5.75 Å². The number of ether oxygens (including phenoxy) is 1. The van der Waals surface area contributed by atoms with Gasteiger partial charge in [-0.2, -0.15) is 5.10 Å². The van der Waals surface area contributed by atoms with E-state index in [1.807, 2.05) is 55.5 Å². The second-order valence-corrected chi connectivity index (χ2v) is 4.80. The Morgan fingerprint density at radius 2 is 1.76 bits per heavy atom. The summed E-state index contributed by atoms with van der Waals surface area (Å²) < 4.78 is 5.43. The first-order valence-electron chi connectivity index (χ1n) is 6.96. The standard InChI is InChI=1S/C17H16N2O2/c1-2-21-13-9-7-12(8-10-13)11-16-14-5-3-4-6-15(14)17(20)19-18-16/h3-10H,2,11H2,1H3,(H,19,20). The monoisotopic (exact) mass is 280 g/mol. The number of aromatic amines is 1. The summed E-state index contributed by atoms with van der Waals surface area (Å²) in [5.74, 6) is 0.862. The summed E-state index contributed by atoms with van der Waals surface area (Å²) in [5.41, 5.74) is 1.85. The molecule has 0 spiro atoms. The van der Waals surface area contributed by atoms with Crippen molar-refractivity contribution < 1.29 is 4.74 Å². The van der Waals surface area contributed by atoms with Gasteiger partial charge in [0.2, 0.25) is 0 Å². The van der Waals surface area contributed by atoms with Crippen molar-refractivity contribution in [2.75, 3.05) is 6.61 Å². The molecule has 0 radical (unpaired) electrons. The number of hydrogen-bond donors (Lipinski definition) is 1. The van der Waals surface area contributed by atoms with E-state index in [9.17, 15) is 4.79 Å². The van der Waals surface area contributed by atoms with Gasteiger partial charge in [-0.25, -0.2) is 5.10 Å². The molecular weight excluding hydrogens is 264 g/mol. The number of H-pyrrole nitrogens is 1. The number of fused-ring (bicyclic) bond motifs is 1. The number of nitrogens with zero attached hydrogens (tertiary/aromatic N) is 1. The lowest BCUT2D eigenvalue weighted by Gasteiger charge is -2.06. The van der Waals surface area contributed by atoms with E-state index < -0.39 is 0 Å². The van der Waals surface area contributed by atoms with E-state index in [0.29, 0.717) is 18.4 Å². The maximum atomic E-state index is 11.8. The van der Waals surface area contributed by atoms with Crippen molar-refractivity contribution in [1.29, 1.82) is 0 Å². The molecule has 106 valence electrons. The van der Waals surface area contributed by atoms with Crippen LogP contribution in [0, 0.1) is 0 Å². The number of benzene rings is 2. The zero-order chi connectivity index (χ0) is 14.7. The average molecular weight is 280 g/mol. The summed E-state index contributed by atoms with van der Waals surface area (Å²) in [4.78, 5) is 11.8. The minimum absolute atomic E-state index is 0.152. The van der Waals surface area contributed by atoms with Crippen LogP contribution in [-0.4, -0.2) is 16.8 Å². The molecular formula is C17H16N2O2. The molecule has 0 aliphatic rings. The fourth-order valence-corrected chi connectivity index (χ4v) is 2.37. The lowest BCUT2D eigenvalue weighted by Crippen LogP contribution is -2.11. The van der Waals surface area contributed by atoms with Gasteiger partial charge >= 0.3 is 0 Å². The Kier molecular flexibility index (Phi) is 3.69. The molecule has 21 heavy (non-hydrogen) atoms. The molecule has 1 N–H and O–H groups in total. The lowest BCUT2D eigenvalue weighted by molar-refractivity contribution is 0.340. The molecule has 1 heterocycles. The van der Waals surface area contributed by atoms with E-state index in [-0.39, 0.29) is 5.56 Å². The van der Waals surface area contributed by atoms with Crippen molar-refractivity contribution in [2.24, 2.45) is 0 Å². The SMILES string of the molecule is CCOc1ccc(Cc2n[nH]c(=O)c3ccccc23)cc1. The Bertz CT molecular complexity index is 807. The van der Waals surface area contributed by atoms with Crippen LogP contribution < -0.4 is 10.3 Å². The van der Waals surface area contributed by atoms with E-state index in [2.05, 4.69) is 10.2 Å². The summed E-state index contributed by atoms with van der Waals surface area (Å²) in [5, 5.41) is 8.33. The number of aromatic nitrogens is 2. The zero-order valence-electron chi connectivity index (χ0n) is 11.8. The van der Waals surface area contributed by atoms with E-state index in [0.717, 1.165) is 22.4 Å². The van der Waals surface area contributed by atoms with E-state index >= 15 is 0 Å². The molecule has 0 saturated heterocycles. The molecule has 0 aliphatic heterocycles. The van der Waals surface area contributed by atoms with Gasteiger partial charge in [0, 0.05) is 11.8 Å². The van der Waals surface area contributed by atoms with Gasteiger partial charge in [0.05, 0.1) is 17.7 Å². The van der Waals surface area contributed by atoms with Crippen LogP contribution in [0.4, 0.5) is 0 Å². The zero-order valence-corrected chi connectivity index (χ0v) is 11.8. The molecule has 0 saturated carbocycles. The second-order valence-electron chi connectivity index (χ2n) is 4.80. The third-order valence-electron chi connectivity index (χ3n) is 3.38.